The van der Waals surface area contributed by atoms with Crippen LogP contribution in [-0.2, 0) is 11.3 Å². The van der Waals surface area contributed by atoms with Gasteiger partial charge in [0.25, 0.3) is 5.56 Å². The van der Waals surface area contributed by atoms with Crippen molar-refractivity contribution >= 4 is 12.2 Å². The molecule has 0 fully saturated rings. The Morgan fingerprint density at radius 3 is 2.60 bits per heavy atom. The molecule has 1 N–H and O–H groups in total. The summed E-state index contributed by atoms with van der Waals surface area (Å²) in [5.74, 6) is 0. The molecule has 1 aromatic rings. The van der Waals surface area contributed by atoms with Gasteiger partial charge in [-0.25, -0.2) is 0 Å². The molecule has 5 heteroatoms. The predicted octanol–water partition coefficient (Wildman–Crippen LogP) is 1.89. The van der Waals surface area contributed by atoms with Crippen LogP contribution < -0.4 is 5.56 Å². The maximum atomic E-state index is 11.0. The van der Waals surface area contributed by atoms with Crippen molar-refractivity contribution in [2.45, 2.75) is 27.3 Å². The highest BCUT2D eigenvalue weighted by Gasteiger charge is 1.97. The molecule has 1 rings (SSSR count). The lowest BCUT2D eigenvalue weighted by atomic mass is 10.4. The smallest absolute Gasteiger partial charge is 0.251 e. The molecule has 0 spiro atoms. The van der Waals surface area contributed by atoms with Crippen LogP contribution in [0.4, 0.5) is 0 Å². The molecule has 0 unspecified atom stereocenters. The lowest BCUT2D eigenvalue weighted by molar-refractivity contribution is 0.185. The first-order valence-electron chi connectivity index (χ1n) is 4.95. The van der Waals surface area contributed by atoms with Gasteiger partial charge in [-0.1, -0.05) is 13.8 Å². The highest BCUT2D eigenvalue weighted by atomic mass is 32.1. The quantitative estimate of drug-likeness (QED) is 0.807. The van der Waals surface area contributed by atoms with E-state index >= 15 is 0 Å². The summed E-state index contributed by atoms with van der Waals surface area (Å²) in [7, 11) is 1.63. The van der Waals surface area contributed by atoms with E-state index in [0.29, 0.717) is 17.9 Å². The Morgan fingerprint density at radius 2 is 2.13 bits per heavy atom. The molecule has 0 atom stereocenters. The van der Waals surface area contributed by atoms with Crippen LogP contribution in [0.5, 0.6) is 0 Å². The third-order valence-corrected chi connectivity index (χ3v) is 2.08. The maximum Gasteiger partial charge on any atom is 0.251 e. The van der Waals surface area contributed by atoms with Crippen molar-refractivity contribution in [3.05, 3.63) is 26.9 Å². The average molecular weight is 230 g/mol. The Hall–Kier alpha value is -0.940. The first kappa shape index (κ1) is 14.1. The summed E-state index contributed by atoms with van der Waals surface area (Å²) in [5.41, 5.74) is 0.696. The van der Waals surface area contributed by atoms with Gasteiger partial charge in [0, 0.05) is 25.4 Å². The normalized spacial score (nSPS) is 9.33. The second-order valence-electron chi connectivity index (χ2n) is 2.72. The van der Waals surface area contributed by atoms with Gasteiger partial charge in [-0.2, -0.15) is 0 Å². The van der Waals surface area contributed by atoms with E-state index in [2.05, 4.69) is 4.98 Å². The molecule has 0 amide bonds. The summed E-state index contributed by atoms with van der Waals surface area (Å²) < 4.78 is 7.21. The molecule has 0 aromatic carbocycles. The summed E-state index contributed by atoms with van der Waals surface area (Å²) in [6.07, 6.45) is 0. The number of H-pyrrole nitrogens is 1. The van der Waals surface area contributed by atoms with Crippen molar-refractivity contribution in [2.24, 2.45) is 0 Å². The minimum atomic E-state index is -0.156. The van der Waals surface area contributed by atoms with E-state index in [1.54, 1.807) is 7.11 Å². The van der Waals surface area contributed by atoms with E-state index in [4.69, 9.17) is 17.0 Å². The summed E-state index contributed by atoms with van der Waals surface area (Å²) in [6.45, 7) is 7.10. The van der Waals surface area contributed by atoms with Crippen LogP contribution in [0, 0.1) is 11.7 Å². The molecule has 0 radical (unpaired) electrons. The largest absolute Gasteiger partial charge is 0.383 e. The Kier molecular flexibility index (Phi) is 6.90. The van der Waals surface area contributed by atoms with E-state index < -0.39 is 0 Å². The van der Waals surface area contributed by atoms with E-state index in [0.717, 1.165) is 5.69 Å². The Bertz CT molecular complexity index is 395. The van der Waals surface area contributed by atoms with Crippen LogP contribution in [0.25, 0.3) is 0 Å². The minimum absolute atomic E-state index is 0.156. The number of rotatable bonds is 3. The minimum Gasteiger partial charge on any atom is -0.383 e. The first-order chi connectivity index (χ1) is 7.15. The van der Waals surface area contributed by atoms with E-state index in [1.165, 1.54) is 6.07 Å². The van der Waals surface area contributed by atoms with E-state index in [-0.39, 0.29) is 5.56 Å². The molecule has 0 saturated carbocycles. The number of aromatic nitrogens is 2. The lowest BCUT2D eigenvalue weighted by Crippen LogP contribution is -2.16. The molecule has 0 aliphatic carbocycles. The number of aryl methyl sites for hydroxylation is 1. The van der Waals surface area contributed by atoms with Gasteiger partial charge in [0.1, 0.15) is 0 Å². The molecule has 0 aliphatic heterocycles. The zero-order valence-corrected chi connectivity index (χ0v) is 10.5. The van der Waals surface area contributed by atoms with Gasteiger partial charge >= 0.3 is 0 Å². The third-order valence-electron chi connectivity index (χ3n) is 1.76. The monoisotopic (exact) mass is 230 g/mol. The number of aromatic amines is 1. The second-order valence-corrected chi connectivity index (χ2v) is 3.11. The van der Waals surface area contributed by atoms with E-state index in [1.807, 2.05) is 25.3 Å². The first-order valence-corrected chi connectivity index (χ1v) is 5.35. The van der Waals surface area contributed by atoms with Crippen molar-refractivity contribution in [3.63, 3.8) is 0 Å². The molecule has 1 heterocycles. The number of hydrogen-bond acceptors (Lipinski definition) is 3. The maximum absolute atomic E-state index is 11.0. The zero-order valence-electron chi connectivity index (χ0n) is 9.66. The van der Waals surface area contributed by atoms with Gasteiger partial charge in [0.05, 0.1) is 6.61 Å². The van der Waals surface area contributed by atoms with Gasteiger partial charge in [-0.15, -0.1) is 0 Å². The van der Waals surface area contributed by atoms with Gasteiger partial charge in [0.15, 0.2) is 4.77 Å². The van der Waals surface area contributed by atoms with Crippen molar-refractivity contribution in [1.82, 2.24) is 9.55 Å². The molecule has 0 bridgehead atoms. The SMILES string of the molecule is CC.COCCn1c(C)cc(=O)[nH]c1=S. The fraction of sp³-hybridized carbons (Fsp3) is 0.600. The Labute approximate surface area is 94.9 Å². The molecule has 0 saturated heterocycles. The summed E-state index contributed by atoms with van der Waals surface area (Å²) in [5, 5.41) is 0. The van der Waals surface area contributed by atoms with Gasteiger partial charge in [0.2, 0.25) is 0 Å². The standard InChI is InChI=1S/C8H12N2O2S.C2H6/c1-6-5-7(11)9-8(13)10(6)3-4-12-2;1-2/h5H,3-4H2,1-2H3,(H,9,11,13);1-2H3. The van der Waals surface area contributed by atoms with Gasteiger partial charge in [-0.3, -0.25) is 9.78 Å². The van der Waals surface area contributed by atoms with Crippen LogP contribution >= 0.6 is 12.2 Å². The van der Waals surface area contributed by atoms with E-state index in [9.17, 15) is 4.79 Å². The molecule has 86 valence electrons. The van der Waals surface area contributed by atoms with Crippen molar-refractivity contribution in [2.75, 3.05) is 13.7 Å². The number of nitrogens with zero attached hydrogens (tertiary/aromatic N) is 1. The van der Waals surface area contributed by atoms with Gasteiger partial charge < -0.3 is 9.30 Å². The number of ether oxygens (including phenoxy) is 1. The zero-order chi connectivity index (χ0) is 11.8. The number of hydrogen-bond donors (Lipinski definition) is 1. The summed E-state index contributed by atoms with van der Waals surface area (Å²) in [4.78, 5) is 13.5. The van der Waals surface area contributed by atoms with Crippen LogP contribution in [0.1, 0.15) is 19.5 Å². The van der Waals surface area contributed by atoms with Crippen LogP contribution in [-0.4, -0.2) is 23.3 Å². The molecular weight excluding hydrogens is 212 g/mol. The molecule has 0 aliphatic rings. The number of nitrogens with one attached hydrogen (secondary N) is 1. The highest BCUT2D eigenvalue weighted by molar-refractivity contribution is 7.71. The van der Waals surface area contributed by atoms with Crippen molar-refractivity contribution in [1.29, 1.82) is 0 Å². The Balaban J connectivity index is 0.000000921. The molecule has 15 heavy (non-hydrogen) atoms. The van der Waals surface area contributed by atoms with Crippen molar-refractivity contribution in [3.8, 4) is 0 Å². The van der Waals surface area contributed by atoms with Crippen LogP contribution in [0.3, 0.4) is 0 Å². The third kappa shape index (κ3) is 4.40. The molecule has 4 nitrogen and oxygen atoms in total. The van der Waals surface area contributed by atoms with Crippen molar-refractivity contribution < 1.29 is 4.74 Å². The predicted molar refractivity (Wildman–Crippen MR) is 63.8 cm³/mol. The second kappa shape index (κ2) is 7.36. The van der Waals surface area contributed by atoms with Gasteiger partial charge in [-0.05, 0) is 19.1 Å². The van der Waals surface area contributed by atoms with Crippen LogP contribution in [0.15, 0.2) is 10.9 Å². The Morgan fingerprint density at radius 1 is 1.53 bits per heavy atom. The summed E-state index contributed by atoms with van der Waals surface area (Å²) >= 11 is 4.99. The number of methoxy groups -OCH3 is 1. The lowest BCUT2D eigenvalue weighted by Gasteiger charge is -2.08. The molecular formula is C10H18N2O2S. The average Bonchev–Trinajstić information content (AvgIpc) is 2.19. The topological polar surface area (TPSA) is 47.0 Å². The summed E-state index contributed by atoms with van der Waals surface area (Å²) in [6, 6.07) is 1.52. The molecule has 1 aromatic heterocycles. The highest BCUT2D eigenvalue weighted by Crippen LogP contribution is 1.95. The fourth-order valence-electron chi connectivity index (χ4n) is 1.10. The van der Waals surface area contributed by atoms with Crippen LogP contribution in [0.2, 0.25) is 0 Å². The fourth-order valence-corrected chi connectivity index (χ4v) is 1.43.